The van der Waals surface area contributed by atoms with Gasteiger partial charge >= 0.3 is 0 Å². The van der Waals surface area contributed by atoms with E-state index in [1.165, 1.54) is 0 Å². The lowest BCUT2D eigenvalue weighted by atomic mass is 9.95. The summed E-state index contributed by atoms with van der Waals surface area (Å²) in [5.41, 5.74) is 2.50. The number of rotatable bonds is 3. The fourth-order valence-corrected chi connectivity index (χ4v) is 2.18. The van der Waals surface area contributed by atoms with Crippen molar-refractivity contribution < 1.29 is 13.9 Å². The summed E-state index contributed by atoms with van der Waals surface area (Å²) in [7, 11) is 1.63. The quantitative estimate of drug-likeness (QED) is 0.771. The van der Waals surface area contributed by atoms with Crippen LogP contribution in [-0.2, 0) is 4.79 Å². The first-order valence-electron chi connectivity index (χ1n) is 7.73. The van der Waals surface area contributed by atoms with Crippen LogP contribution in [0.3, 0.4) is 0 Å². The van der Waals surface area contributed by atoms with Crippen LogP contribution in [-0.4, -0.2) is 18.0 Å². The molecule has 2 aromatic carbocycles. The number of hydrogen-bond acceptors (Lipinski definition) is 4. The summed E-state index contributed by atoms with van der Waals surface area (Å²) in [6.45, 7) is 5.62. The average Bonchev–Trinajstić information content (AvgIpc) is 2.97. The van der Waals surface area contributed by atoms with E-state index in [1.807, 2.05) is 63.2 Å². The number of ether oxygens (including phenoxy) is 1. The molecule has 3 aromatic rings. The van der Waals surface area contributed by atoms with E-state index in [2.05, 4.69) is 10.3 Å². The van der Waals surface area contributed by atoms with Gasteiger partial charge in [-0.05, 0) is 42.5 Å². The normalized spacial score (nSPS) is 11.5. The molecule has 0 bridgehead atoms. The van der Waals surface area contributed by atoms with Gasteiger partial charge in [0, 0.05) is 16.7 Å². The molecule has 0 aliphatic rings. The standard InChI is InChI=1S/C19H20N2O3/c1-19(2,3)18(22)20-13-7-10-16-15(11-13)21-17(24-16)12-5-8-14(23-4)9-6-12/h5-11H,1-4H3,(H,20,22). The van der Waals surface area contributed by atoms with E-state index in [0.717, 1.165) is 11.3 Å². The van der Waals surface area contributed by atoms with E-state index in [-0.39, 0.29) is 5.91 Å². The number of hydrogen-bond donors (Lipinski definition) is 1. The Bertz CT molecular complexity index is 874. The SMILES string of the molecule is COc1ccc(-c2nc3cc(NC(=O)C(C)(C)C)ccc3o2)cc1. The minimum atomic E-state index is -0.451. The van der Waals surface area contributed by atoms with Gasteiger partial charge < -0.3 is 14.5 Å². The third kappa shape index (κ3) is 3.25. The zero-order valence-corrected chi connectivity index (χ0v) is 14.2. The Morgan fingerprint density at radius 2 is 1.83 bits per heavy atom. The van der Waals surface area contributed by atoms with Crippen LogP contribution in [0.1, 0.15) is 20.8 Å². The third-order valence-corrected chi connectivity index (χ3v) is 3.66. The van der Waals surface area contributed by atoms with Gasteiger partial charge in [-0.2, -0.15) is 0 Å². The van der Waals surface area contributed by atoms with Gasteiger partial charge in [-0.3, -0.25) is 4.79 Å². The molecular weight excluding hydrogens is 304 g/mol. The van der Waals surface area contributed by atoms with E-state index >= 15 is 0 Å². The van der Waals surface area contributed by atoms with Crippen molar-refractivity contribution in [3.05, 3.63) is 42.5 Å². The molecule has 0 saturated carbocycles. The van der Waals surface area contributed by atoms with Gasteiger partial charge in [-0.1, -0.05) is 20.8 Å². The monoisotopic (exact) mass is 324 g/mol. The first kappa shape index (κ1) is 16.1. The molecule has 0 atom stereocenters. The lowest BCUT2D eigenvalue weighted by molar-refractivity contribution is -0.123. The molecule has 1 heterocycles. The highest BCUT2D eigenvalue weighted by Crippen LogP contribution is 2.28. The lowest BCUT2D eigenvalue weighted by Gasteiger charge is -2.17. The van der Waals surface area contributed by atoms with Crippen LogP contribution < -0.4 is 10.1 Å². The number of benzene rings is 2. The van der Waals surface area contributed by atoms with Crippen molar-refractivity contribution in [1.29, 1.82) is 0 Å². The average molecular weight is 324 g/mol. The highest BCUT2D eigenvalue weighted by molar-refractivity contribution is 5.96. The molecule has 3 rings (SSSR count). The maximum absolute atomic E-state index is 12.1. The molecule has 1 amide bonds. The number of nitrogens with one attached hydrogen (secondary N) is 1. The van der Waals surface area contributed by atoms with Gasteiger partial charge in [-0.25, -0.2) is 4.98 Å². The predicted octanol–water partition coefficient (Wildman–Crippen LogP) is 4.49. The summed E-state index contributed by atoms with van der Waals surface area (Å²) in [5, 5.41) is 2.90. The molecule has 0 aliphatic heterocycles. The van der Waals surface area contributed by atoms with Crippen LogP contribution in [0.15, 0.2) is 46.9 Å². The van der Waals surface area contributed by atoms with Crippen molar-refractivity contribution in [3.63, 3.8) is 0 Å². The molecule has 0 spiro atoms. The summed E-state index contributed by atoms with van der Waals surface area (Å²) < 4.78 is 10.9. The molecule has 1 aromatic heterocycles. The minimum Gasteiger partial charge on any atom is -0.497 e. The largest absolute Gasteiger partial charge is 0.497 e. The lowest BCUT2D eigenvalue weighted by Crippen LogP contribution is -2.27. The molecule has 124 valence electrons. The summed E-state index contributed by atoms with van der Waals surface area (Å²) >= 11 is 0. The van der Waals surface area contributed by atoms with Crippen molar-refractivity contribution in [1.82, 2.24) is 4.98 Å². The van der Waals surface area contributed by atoms with Gasteiger partial charge in [0.05, 0.1) is 7.11 Å². The van der Waals surface area contributed by atoms with E-state index < -0.39 is 5.41 Å². The second-order valence-corrected chi connectivity index (χ2v) is 6.63. The van der Waals surface area contributed by atoms with Crippen molar-refractivity contribution in [2.75, 3.05) is 12.4 Å². The Morgan fingerprint density at radius 1 is 1.12 bits per heavy atom. The highest BCUT2D eigenvalue weighted by Gasteiger charge is 2.21. The number of aromatic nitrogens is 1. The molecule has 1 N–H and O–H groups in total. The molecule has 0 unspecified atom stereocenters. The maximum Gasteiger partial charge on any atom is 0.229 e. The molecule has 0 radical (unpaired) electrons. The first-order chi connectivity index (χ1) is 11.4. The molecule has 24 heavy (non-hydrogen) atoms. The number of oxazole rings is 1. The third-order valence-electron chi connectivity index (χ3n) is 3.66. The Balaban J connectivity index is 1.89. The van der Waals surface area contributed by atoms with Crippen LogP contribution in [0, 0.1) is 5.41 Å². The van der Waals surface area contributed by atoms with E-state index in [4.69, 9.17) is 9.15 Å². The highest BCUT2D eigenvalue weighted by atomic mass is 16.5. The number of nitrogens with zero attached hydrogens (tertiary/aromatic N) is 1. The second kappa shape index (κ2) is 6.00. The molecular formula is C19H20N2O3. The van der Waals surface area contributed by atoms with Crippen LogP contribution in [0.25, 0.3) is 22.6 Å². The van der Waals surface area contributed by atoms with Crippen LogP contribution in [0.2, 0.25) is 0 Å². The molecule has 0 saturated heterocycles. The number of methoxy groups -OCH3 is 1. The minimum absolute atomic E-state index is 0.0410. The molecule has 0 aliphatic carbocycles. The molecule has 0 fully saturated rings. The number of amides is 1. The second-order valence-electron chi connectivity index (χ2n) is 6.63. The van der Waals surface area contributed by atoms with Crippen molar-refractivity contribution in [3.8, 4) is 17.2 Å². The van der Waals surface area contributed by atoms with Gasteiger partial charge in [0.25, 0.3) is 0 Å². The number of anilines is 1. The van der Waals surface area contributed by atoms with Gasteiger partial charge in [0.2, 0.25) is 11.8 Å². The summed E-state index contributed by atoms with van der Waals surface area (Å²) in [5.74, 6) is 1.27. The summed E-state index contributed by atoms with van der Waals surface area (Å²) in [6, 6.07) is 13.0. The van der Waals surface area contributed by atoms with Crippen LogP contribution in [0.4, 0.5) is 5.69 Å². The fourth-order valence-electron chi connectivity index (χ4n) is 2.18. The van der Waals surface area contributed by atoms with Gasteiger partial charge in [-0.15, -0.1) is 0 Å². The Morgan fingerprint density at radius 3 is 2.46 bits per heavy atom. The fraction of sp³-hybridized carbons (Fsp3) is 0.263. The van der Waals surface area contributed by atoms with Gasteiger partial charge in [0.1, 0.15) is 11.3 Å². The van der Waals surface area contributed by atoms with Crippen LogP contribution >= 0.6 is 0 Å². The van der Waals surface area contributed by atoms with Crippen molar-refractivity contribution in [2.45, 2.75) is 20.8 Å². The topological polar surface area (TPSA) is 64.4 Å². The maximum atomic E-state index is 12.1. The number of fused-ring (bicyclic) bond motifs is 1. The van der Waals surface area contributed by atoms with Crippen molar-refractivity contribution in [2.24, 2.45) is 5.41 Å². The zero-order chi connectivity index (χ0) is 17.3. The predicted molar refractivity (Wildman–Crippen MR) is 94.1 cm³/mol. The van der Waals surface area contributed by atoms with E-state index in [0.29, 0.717) is 22.7 Å². The Hall–Kier alpha value is -2.82. The number of carbonyl (C=O) groups excluding carboxylic acids is 1. The van der Waals surface area contributed by atoms with Crippen molar-refractivity contribution >= 4 is 22.7 Å². The summed E-state index contributed by atoms with van der Waals surface area (Å²) in [6.07, 6.45) is 0. The Labute approximate surface area is 140 Å². The van der Waals surface area contributed by atoms with Gasteiger partial charge in [0.15, 0.2) is 5.58 Å². The van der Waals surface area contributed by atoms with E-state index in [1.54, 1.807) is 7.11 Å². The first-order valence-corrected chi connectivity index (χ1v) is 7.73. The molecule has 5 heteroatoms. The zero-order valence-electron chi connectivity index (χ0n) is 14.2. The molecule has 5 nitrogen and oxygen atoms in total. The Kier molecular flexibility index (Phi) is 4.01. The number of carbonyl (C=O) groups is 1. The summed E-state index contributed by atoms with van der Waals surface area (Å²) in [4.78, 5) is 16.6. The smallest absolute Gasteiger partial charge is 0.229 e. The van der Waals surface area contributed by atoms with E-state index in [9.17, 15) is 4.79 Å². The van der Waals surface area contributed by atoms with Crippen LogP contribution in [0.5, 0.6) is 5.75 Å².